The number of unbranched alkanes of at least 4 members (excludes halogenated alkanes) is 6. The van der Waals surface area contributed by atoms with Gasteiger partial charge in [-0.2, -0.15) is 13.2 Å². The van der Waals surface area contributed by atoms with E-state index in [1.807, 2.05) is 18.2 Å². The number of alkyl halides is 3. The first-order chi connectivity index (χ1) is 14.4. The van der Waals surface area contributed by atoms with E-state index in [9.17, 15) is 18.0 Å². The third-order valence-electron chi connectivity index (χ3n) is 5.81. The van der Waals surface area contributed by atoms with Crippen LogP contribution < -0.4 is 5.43 Å². The number of hydrazine groups is 1. The van der Waals surface area contributed by atoms with Crippen LogP contribution in [0.1, 0.15) is 75.5 Å². The zero-order valence-electron chi connectivity index (χ0n) is 17.6. The molecule has 1 unspecified atom stereocenters. The maximum absolute atomic E-state index is 13.9. The minimum atomic E-state index is -4.48. The molecule has 1 aliphatic heterocycles. The Balaban J connectivity index is 1.73. The molecule has 1 atom stereocenters. The monoisotopic (exact) mass is 420 g/mol. The van der Waals surface area contributed by atoms with Gasteiger partial charge < -0.3 is 0 Å². The lowest BCUT2D eigenvalue weighted by molar-refractivity contribution is -0.190. The Bertz CT molecular complexity index is 850. The average molecular weight is 421 g/mol. The number of halogens is 3. The summed E-state index contributed by atoms with van der Waals surface area (Å²) in [7, 11) is 0. The van der Waals surface area contributed by atoms with Gasteiger partial charge in [0.1, 0.15) is 0 Å². The fraction of sp³-hybridized carbons (Fsp3) is 0.542. The summed E-state index contributed by atoms with van der Waals surface area (Å²) in [6.07, 6.45) is 5.20. The highest BCUT2D eigenvalue weighted by molar-refractivity contribution is 5.87. The number of aryl methyl sites for hydroxylation is 1. The van der Waals surface area contributed by atoms with Gasteiger partial charge in [0, 0.05) is 13.0 Å². The van der Waals surface area contributed by atoms with Crippen molar-refractivity contribution in [3.63, 3.8) is 0 Å². The molecule has 30 heavy (non-hydrogen) atoms. The van der Waals surface area contributed by atoms with Crippen LogP contribution in [0.25, 0.3) is 10.8 Å². The fourth-order valence-electron chi connectivity index (χ4n) is 4.25. The number of carbonyl (C=O) groups is 1. The highest BCUT2D eigenvalue weighted by Gasteiger charge is 2.47. The highest BCUT2D eigenvalue weighted by Crippen LogP contribution is 2.40. The number of fused-ring (bicyclic) bond motifs is 1. The predicted octanol–water partition coefficient (Wildman–Crippen LogP) is 6.47. The van der Waals surface area contributed by atoms with E-state index in [2.05, 4.69) is 12.3 Å². The summed E-state index contributed by atoms with van der Waals surface area (Å²) in [5, 5.41) is 2.42. The van der Waals surface area contributed by atoms with Gasteiger partial charge in [0.05, 0.1) is 0 Å². The third kappa shape index (κ3) is 5.75. The number of amides is 1. The molecule has 0 spiro atoms. The first-order valence-electron chi connectivity index (χ1n) is 11.0. The average Bonchev–Trinajstić information content (AvgIpc) is 3.12. The summed E-state index contributed by atoms with van der Waals surface area (Å²) in [6.45, 7) is 2.26. The SMILES string of the molecule is CCCCCCCCCc1ccc2c(C(N3CCC(=O)N3)C(F)(F)F)cccc2c1. The number of hydrogen-bond acceptors (Lipinski definition) is 2. The van der Waals surface area contributed by atoms with Crippen molar-refractivity contribution in [1.29, 1.82) is 0 Å². The lowest BCUT2D eigenvalue weighted by Gasteiger charge is -2.30. The molecule has 0 saturated carbocycles. The second-order valence-corrected chi connectivity index (χ2v) is 8.20. The Morgan fingerprint density at radius 3 is 2.43 bits per heavy atom. The van der Waals surface area contributed by atoms with Crippen LogP contribution in [0, 0.1) is 0 Å². The molecular weight excluding hydrogens is 389 g/mol. The number of nitrogens with zero attached hydrogens (tertiary/aromatic N) is 1. The highest BCUT2D eigenvalue weighted by atomic mass is 19.4. The van der Waals surface area contributed by atoms with Crippen LogP contribution in [0.3, 0.4) is 0 Å². The molecule has 1 aliphatic rings. The lowest BCUT2D eigenvalue weighted by atomic mass is 9.95. The van der Waals surface area contributed by atoms with Crippen molar-refractivity contribution in [2.45, 2.75) is 76.9 Å². The van der Waals surface area contributed by atoms with E-state index < -0.39 is 12.2 Å². The van der Waals surface area contributed by atoms with Crippen molar-refractivity contribution in [2.24, 2.45) is 0 Å². The fourth-order valence-corrected chi connectivity index (χ4v) is 4.25. The van der Waals surface area contributed by atoms with E-state index >= 15 is 0 Å². The smallest absolute Gasteiger partial charge is 0.288 e. The first kappa shape index (κ1) is 22.6. The molecule has 6 heteroatoms. The molecule has 3 nitrogen and oxygen atoms in total. The van der Waals surface area contributed by atoms with Crippen molar-refractivity contribution in [3.05, 3.63) is 47.5 Å². The summed E-state index contributed by atoms with van der Waals surface area (Å²) in [5.74, 6) is -0.374. The predicted molar refractivity (Wildman–Crippen MR) is 114 cm³/mol. The van der Waals surface area contributed by atoms with Crippen molar-refractivity contribution in [1.82, 2.24) is 10.4 Å². The van der Waals surface area contributed by atoms with Crippen LogP contribution in [0.2, 0.25) is 0 Å². The summed E-state index contributed by atoms with van der Waals surface area (Å²) in [5.41, 5.74) is 3.71. The number of hydrogen-bond donors (Lipinski definition) is 1. The van der Waals surface area contributed by atoms with Gasteiger partial charge in [-0.3, -0.25) is 10.2 Å². The molecule has 0 aliphatic carbocycles. The molecule has 1 heterocycles. The van der Waals surface area contributed by atoms with Crippen LogP contribution >= 0.6 is 0 Å². The standard InChI is InChI=1S/C24H31F3N2O/c1-2-3-4-5-6-7-8-10-18-13-14-20-19(17-18)11-9-12-21(20)23(24(25,26)27)29-16-15-22(30)28-29/h9,11-14,17,23H,2-8,10,15-16H2,1H3,(H,28,30). The van der Waals surface area contributed by atoms with E-state index in [1.54, 1.807) is 12.1 Å². The Morgan fingerprint density at radius 2 is 1.77 bits per heavy atom. The van der Waals surface area contributed by atoms with Crippen molar-refractivity contribution in [3.8, 4) is 0 Å². The van der Waals surface area contributed by atoms with Gasteiger partial charge in [-0.1, -0.05) is 81.8 Å². The summed E-state index contributed by atoms with van der Waals surface area (Å²) >= 11 is 0. The number of nitrogens with one attached hydrogen (secondary N) is 1. The van der Waals surface area contributed by atoms with Crippen LogP contribution in [-0.4, -0.2) is 23.6 Å². The molecule has 3 rings (SSSR count). The molecule has 2 aromatic carbocycles. The molecular formula is C24H31F3N2O. The molecule has 0 radical (unpaired) electrons. The maximum Gasteiger partial charge on any atom is 0.409 e. The summed E-state index contributed by atoms with van der Waals surface area (Å²) < 4.78 is 41.7. The second-order valence-electron chi connectivity index (χ2n) is 8.20. The minimum absolute atomic E-state index is 0.0513. The third-order valence-corrected chi connectivity index (χ3v) is 5.81. The van der Waals surface area contributed by atoms with E-state index in [1.165, 1.54) is 44.6 Å². The topological polar surface area (TPSA) is 32.3 Å². The van der Waals surface area contributed by atoms with Crippen LogP contribution in [0.5, 0.6) is 0 Å². The molecule has 1 fully saturated rings. The van der Waals surface area contributed by atoms with E-state index in [0.717, 1.165) is 28.8 Å². The molecule has 2 aromatic rings. The quantitative estimate of drug-likeness (QED) is 0.447. The minimum Gasteiger partial charge on any atom is -0.288 e. The molecule has 0 aromatic heterocycles. The number of carbonyl (C=O) groups excluding carboxylic acids is 1. The van der Waals surface area contributed by atoms with Crippen LogP contribution in [-0.2, 0) is 11.2 Å². The normalized spacial score (nSPS) is 16.2. The molecule has 164 valence electrons. The van der Waals surface area contributed by atoms with Crippen molar-refractivity contribution < 1.29 is 18.0 Å². The van der Waals surface area contributed by atoms with Gasteiger partial charge in [0.25, 0.3) is 0 Å². The first-order valence-corrected chi connectivity index (χ1v) is 11.0. The Kier molecular flexibility index (Phi) is 7.75. The molecule has 1 N–H and O–H groups in total. The Labute approximate surface area is 176 Å². The zero-order chi connectivity index (χ0) is 21.6. The maximum atomic E-state index is 13.9. The zero-order valence-corrected chi connectivity index (χ0v) is 17.6. The second kappa shape index (κ2) is 10.3. The van der Waals surface area contributed by atoms with E-state index in [-0.39, 0.29) is 24.4 Å². The van der Waals surface area contributed by atoms with Crippen molar-refractivity contribution in [2.75, 3.05) is 6.54 Å². The number of benzene rings is 2. The number of rotatable bonds is 10. The van der Waals surface area contributed by atoms with E-state index in [4.69, 9.17) is 0 Å². The van der Waals surface area contributed by atoms with Gasteiger partial charge in [-0.05, 0) is 34.7 Å². The molecule has 1 amide bonds. The van der Waals surface area contributed by atoms with Gasteiger partial charge >= 0.3 is 6.18 Å². The molecule has 0 bridgehead atoms. The lowest BCUT2D eigenvalue weighted by Crippen LogP contribution is -2.43. The van der Waals surface area contributed by atoms with Gasteiger partial charge in [0.15, 0.2) is 6.04 Å². The van der Waals surface area contributed by atoms with Gasteiger partial charge in [0.2, 0.25) is 5.91 Å². The molecule has 1 saturated heterocycles. The van der Waals surface area contributed by atoms with E-state index in [0.29, 0.717) is 5.39 Å². The van der Waals surface area contributed by atoms with Gasteiger partial charge in [-0.15, -0.1) is 0 Å². The summed E-state index contributed by atoms with van der Waals surface area (Å²) in [6, 6.07) is 8.96. The van der Waals surface area contributed by atoms with Gasteiger partial charge in [-0.25, -0.2) is 5.01 Å². The Hall–Kier alpha value is -2.08. The Morgan fingerprint density at radius 1 is 1.03 bits per heavy atom. The summed E-state index contributed by atoms with van der Waals surface area (Å²) in [4.78, 5) is 11.5. The van der Waals surface area contributed by atoms with Crippen LogP contribution in [0.4, 0.5) is 13.2 Å². The largest absolute Gasteiger partial charge is 0.409 e. The van der Waals surface area contributed by atoms with Crippen molar-refractivity contribution >= 4 is 16.7 Å². The van der Waals surface area contributed by atoms with Crippen LogP contribution in [0.15, 0.2) is 36.4 Å².